The summed E-state index contributed by atoms with van der Waals surface area (Å²) >= 11 is 1.44. The number of aromatic nitrogens is 4. The van der Waals surface area contributed by atoms with Gasteiger partial charge in [-0.15, -0.1) is 11.3 Å². The summed E-state index contributed by atoms with van der Waals surface area (Å²) in [4.78, 5) is 20.9. The van der Waals surface area contributed by atoms with Crippen LogP contribution in [0.2, 0.25) is 0 Å². The van der Waals surface area contributed by atoms with Crippen molar-refractivity contribution in [2.75, 3.05) is 6.61 Å². The zero-order valence-electron chi connectivity index (χ0n) is 13.6. The van der Waals surface area contributed by atoms with Crippen LogP contribution < -0.4 is 5.32 Å². The van der Waals surface area contributed by atoms with Gasteiger partial charge in [0.25, 0.3) is 0 Å². The summed E-state index contributed by atoms with van der Waals surface area (Å²) < 4.78 is 0. The molecule has 0 saturated heterocycles. The number of aliphatic hydroxyl groups excluding tert-OH is 1. The van der Waals surface area contributed by atoms with Crippen molar-refractivity contribution < 1.29 is 9.90 Å². The summed E-state index contributed by atoms with van der Waals surface area (Å²) in [5.74, 6) is 1.07. The van der Waals surface area contributed by atoms with Gasteiger partial charge in [0.05, 0.1) is 12.1 Å². The van der Waals surface area contributed by atoms with Crippen molar-refractivity contribution in [3.05, 3.63) is 17.4 Å². The average molecular weight is 349 g/mol. The maximum Gasteiger partial charge on any atom is 0.226 e. The normalized spacial score (nSPS) is 16.9. The number of thiazole rings is 1. The van der Waals surface area contributed by atoms with Gasteiger partial charge in [0.1, 0.15) is 6.33 Å². The number of aliphatic hydroxyl groups is 1. The molecule has 0 spiro atoms. The predicted molar refractivity (Wildman–Crippen MR) is 91.4 cm³/mol. The second kappa shape index (κ2) is 8.34. The molecule has 24 heavy (non-hydrogen) atoms. The van der Waals surface area contributed by atoms with E-state index >= 15 is 0 Å². The third kappa shape index (κ3) is 4.39. The van der Waals surface area contributed by atoms with E-state index in [4.69, 9.17) is 0 Å². The van der Waals surface area contributed by atoms with Gasteiger partial charge < -0.3 is 10.4 Å². The molecule has 0 aromatic carbocycles. The van der Waals surface area contributed by atoms with Crippen molar-refractivity contribution in [1.82, 2.24) is 25.5 Å². The number of carbonyl (C=O) groups is 1. The minimum Gasteiger partial charge on any atom is -0.396 e. The summed E-state index contributed by atoms with van der Waals surface area (Å²) in [5.41, 5.74) is 0.732. The first kappa shape index (κ1) is 17.0. The van der Waals surface area contributed by atoms with Crippen LogP contribution in [0, 0.1) is 5.92 Å². The van der Waals surface area contributed by atoms with Crippen molar-refractivity contribution in [2.45, 2.75) is 51.0 Å². The van der Waals surface area contributed by atoms with Gasteiger partial charge in [-0.05, 0) is 25.2 Å². The lowest BCUT2D eigenvalue weighted by molar-refractivity contribution is -0.121. The molecule has 3 rings (SSSR count). The molecule has 2 heterocycles. The van der Waals surface area contributed by atoms with E-state index in [1.54, 1.807) is 0 Å². The van der Waals surface area contributed by atoms with Crippen LogP contribution in [0.5, 0.6) is 0 Å². The molecule has 7 nitrogen and oxygen atoms in total. The molecule has 1 unspecified atom stereocenters. The van der Waals surface area contributed by atoms with Gasteiger partial charge >= 0.3 is 0 Å². The minimum absolute atomic E-state index is 0.0338. The molecule has 1 fully saturated rings. The monoisotopic (exact) mass is 349 g/mol. The number of amides is 1. The number of aromatic amines is 1. The van der Waals surface area contributed by atoms with Gasteiger partial charge in [-0.3, -0.25) is 9.89 Å². The Labute approximate surface area is 144 Å². The molecule has 8 heteroatoms. The number of rotatable bonds is 7. The smallest absolute Gasteiger partial charge is 0.226 e. The van der Waals surface area contributed by atoms with Crippen molar-refractivity contribution in [3.63, 3.8) is 0 Å². The summed E-state index contributed by atoms with van der Waals surface area (Å²) in [6.45, 7) is 0.105. The number of nitrogens with one attached hydrogen (secondary N) is 2. The summed E-state index contributed by atoms with van der Waals surface area (Å²) in [5, 5.41) is 21.6. The molecule has 0 aliphatic heterocycles. The molecule has 0 radical (unpaired) electrons. The fourth-order valence-corrected chi connectivity index (χ4v) is 4.09. The first-order valence-electron chi connectivity index (χ1n) is 8.46. The predicted octanol–water partition coefficient (Wildman–Crippen LogP) is 1.92. The first-order valence-corrected chi connectivity index (χ1v) is 9.34. The van der Waals surface area contributed by atoms with Crippen molar-refractivity contribution in [2.24, 2.45) is 5.92 Å². The second-order valence-electron chi connectivity index (χ2n) is 6.24. The fourth-order valence-electron chi connectivity index (χ4n) is 3.33. The average Bonchev–Trinajstić information content (AvgIpc) is 3.26. The van der Waals surface area contributed by atoms with E-state index in [0.717, 1.165) is 23.5 Å². The highest BCUT2D eigenvalue weighted by Gasteiger charge is 2.25. The first-order chi connectivity index (χ1) is 11.8. The standard InChI is InChI=1S/C16H23N5O2S/c22-7-6-13(11-4-2-1-3-5-11)20-14(23)8-12-9-24-16(19-12)15-17-10-18-21-15/h9-11,13,22H,1-8H2,(H,20,23)(H,17,18,21). The highest BCUT2D eigenvalue weighted by atomic mass is 32.1. The topological polar surface area (TPSA) is 104 Å². The lowest BCUT2D eigenvalue weighted by Gasteiger charge is -2.30. The van der Waals surface area contributed by atoms with Crippen LogP contribution in [0.25, 0.3) is 10.8 Å². The van der Waals surface area contributed by atoms with E-state index in [2.05, 4.69) is 25.5 Å². The van der Waals surface area contributed by atoms with Crippen LogP contribution in [0.4, 0.5) is 0 Å². The summed E-state index contributed by atoms with van der Waals surface area (Å²) in [6, 6.07) is 0.0650. The third-order valence-electron chi connectivity index (χ3n) is 4.52. The summed E-state index contributed by atoms with van der Waals surface area (Å²) in [6.07, 6.45) is 8.29. The SMILES string of the molecule is O=C(Cc1csc(-c2ncn[nH]2)n1)NC(CCO)C1CCCCC1. The fraction of sp³-hybridized carbons (Fsp3) is 0.625. The molecule has 1 saturated carbocycles. The van der Waals surface area contributed by atoms with E-state index in [9.17, 15) is 9.90 Å². The quantitative estimate of drug-likeness (QED) is 0.708. The molecule has 130 valence electrons. The van der Waals surface area contributed by atoms with Crippen LogP contribution in [0.1, 0.15) is 44.2 Å². The van der Waals surface area contributed by atoms with Gasteiger partial charge in [0, 0.05) is 18.0 Å². The van der Waals surface area contributed by atoms with Gasteiger partial charge in [0.2, 0.25) is 5.91 Å². The largest absolute Gasteiger partial charge is 0.396 e. The molecular weight excluding hydrogens is 326 g/mol. The van der Waals surface area contributed by atoms with Crippen molar-refractivity contribution >= 4 is 17.2 Å². The Morgan fingerprint density at radius 3 is 2.96 bits per heavy atom. The Morgan fingerprint density at radius 1 is 1.42 bits per heavy atom. The van der Waals surface area contributed by atoms with Gasteiger partial charge in [-0.1, -0.05) is 19.3 Å². The molecule has 1 aliphatic rings. The molecule has 0 bridgehead atoms. The van der Waals surface area contributed by atoms with Gasteiger partial charge in [-0.2, -0.15) is 5.10 Å². The van der Waals surface area contributed by atoms with Crippen LogP contribution >= 0.6 is 11.3 Å². The van der Waals surface area contributed by atoms with E-state index < -0.39 is 0 Å². The number of H-pyrrole nitrogens is 1. The second-order valence-corrected chi connectivity index (χ2v) is 7.10. The number of hydrogen-bond acceptors (Lipinski definition) is 6. The molecular formula is C16H23N5O2S. The molecule has 2 aromatic rings. The molecule has 1 atom stereocenters. The number of carbonyl (C=O) groups excluding carboxylic acids is 1. The molecule has 1 amide bonds. The minimum atomic E-state index is -0.0338. The Morgan fingerprint density at radius 2 is 2.25 bits per heavy atom. The molecule has 2 aromatic heterocycles. The van der Waals surface area contributed by atoms with Gasteiger partial charge in [-0.25, -0.2) is 9.97 Å². The van der Waals surface area contributed by atoms with E-state index in [1.165, 1.54) is 36.9 Å². The third-order valence-corrected chi connectivity index (χ3v) is 5.41. The van der Waals surface area contributed by atoms with E-state index in [-0.39, 0.29) is 25.0 Å². The van der Waals surface area contributed by atoms with Crippen LogP contribution in [-0.4, -0.2) is 43.8 Å². The zero-order valence-corrected chi connectivity index (χ0v) is 14.4. The Balaban J connectivity index is 1.57. The number of hydrogen-bond donors (Lipinski definition) is 3. The van der Waals surface area contributed by atoms with Crippen molar-refractivity contribution in [1.29, 1.82) is 0 Å². The maximum atomic E-state index is 12.4. The van der Waals surface area contributed by atoms with Crippen LogP contribution in [0.15, 0.2) is 11.7 Å². The zero-order chi connectivity index (χ0) is 16.8. The Kier molecular flexibility index (Phi) is 5.92. The lowest BCUT2D eigenvalue weighted by Crippen LogP contribution is -2.42. The van der Waals surface area contributed by atoms with E-state index in [0.29, 0.717) is 18.2 Å². The molecule has 1 aliphatic carbocycles. The highest BCUT2D eigenvalue weighted by molar-refractivity contribution is 7.13. The number of nitrogens with zero attached hydrogens (tertiary/aromatic N) is 3. The maximum absolute atomic E-state index is 12.4. The van der Waals surface area contributed by atoms with Gasteiger partial charge in [0.15, 0.2) is 10.8 Å². The summed E-state index contributed by atoms with van der Waals surface area (Å²) in [7, 11) is 0. The van der Waals surface area contributed by atoms with Crippen molar-refractivity contribution in [3.8, 4) is 10.8 Å². The molecule has 3 N–H and O–H groups in total. The lowest BCUT2D eigenvalue weighted by atomic mass is 9.82. The van der Waals surface area contributed by atoms with Crippen LogP contribution in [0.3, 0.4) is 0 Å². The Bertz CT molecular complexity index is 637. The van der Waals surface area contributed by atoms with E-state index in [1.807, 2.05) is 5.38 Å². The van der Waals surface area contributed by atoms with Crippen LogP contribution in [-0.2, 0) is 11.2 Å². The highest BCUT2D eigenvalue weighted by Crippen LogP contribution is 2.28. The Hall–Kier alpha value is -1.80.